The highest BCUT2D eigenvalue weighted by atomic mass is 79.9. The van der Waals surface area contributed by atoms with Gasteiger partial charge in [-0.05, 0) is 57.9 Å². The molecule has 0 bridgehead atoms. The summed E-state index contributed by atoms with van der Waals surface area (Å²) in [5, 5.41) is 4.78. The van der Waals surface area contributed by atoms with Gasteiger partial charge in [-0.3, -0.25) is 4.79 Å². The third-order valence-corrected chi connectivity index (χ3v) is 5.21. The van der Waals surface area contributed by atoms with E-state index in [-0.39, 0.29) is 12.4 Å². The number of halogens is 3. The minimum absolute atomic E-state index is 0.0926. The minimum atomic E-state index is -0.678. The number of rotatable bonds is 5. The lowest BCUT2D eigenvalue weighted by molar-refractivity contribution is 0.303. The number of ether oxygens (including phenoxy) is 1. The van der Waals surface area contributed by atoms with Gasteiger partial charge in [0.25, 0.3) is 5.56 Å². The summed E-state index contributed by atoms with van der Waals surface area (Å²) >= 11 is 9.54. The van der Waals surface area contributed by atoms with E-state index >= 15 is 0 Å². The minimum Gasteiger partial charge on any atom is -0.487 e. The van der Waals surface area contributed by atoms with Crippen LogP contribution in [-0.4, -0.2) is 15.9 Å². The highest BCUT2D eigenvalue weighted by Crippen LogP contribution is 2.32. The van der Waals surface area contributed by atoms with Gasteiger partial charge in [-0.15, -0.1) is 4.68 Å². The lowest BCUT2D eigenvalue weighted by Gasteiger charge is -2.12. The van der Waals surface area contributed by atoms with E-state index in [1.54, 1.807) is 48.5 Å². The second-order valence-corrected chi connectivity index (χ2v) is 7.85. The van der Waals surface area contributed by atoms with Crippen LogP contribution in [0.15, 0.2) is 79.8 Å². The Morgan fingerprint density at radius 1 is 1.13 bits per heavy atom. The van der Waals surface area contributed by atoms with E-state index < -0.39 is 11.2 Å². The van der Waals surface area contributed by atoms with Gasteiger partial charge in [-0.25, -0.2) is 9.18 Å². The summed E-state index contributed by atoms with van der Waals surface area (Å²) in [5.41, 5.74) is 0.248. The number of benzene rings is 3. The van der Waals surface area contributed by atoms with Crippen LogP contribution in [0.5, 0.6) is 5.75 Å². The molecule has 0 radical (unpaired) electrons. The normalized spacial score (nSPS) is 11.3. The Hall–Kier alpha value is -3.23. The molecule has 31 heavy (non-hydrogen) atoms. The van der Waals surface area contributed by atoms with Crippen molar-refractivity contribution in [2.75, 3.05) is 0 Å². The van der Waals surface area contributed by atoms with E-state index in [4.69, 9.17) is 16.3 Å². The fourth-order valence-corrected chi connectivity index (χ4v) is 3.94. The van der Waals surface area contributed by atoms with Crippen molar-refractivity contribution in [3.63, 3.8) is 0 Å². The van der Waals surface area contributed by atoms with Crippen molar-refractivity contribution in [1.82, 2.24) is 9.66 Å². The average molecular weight is 503 g/mol. The van der Waals surface area contributed by atoms with Crippen molar-refractivity contribution in [2.45, 2.75) is 6.61 Å². The quantitative estimate of drug-likeness (QED) is 0.402. The van der Waals surface area contributed by atoms with Crippen molar-refractivity contribution in [3.05, 3.63) is 108 Å². The highest BCUT2D eigenvalue weighted by molar-refractivity contribution is 9.10. The van der Waals surface area contributed by atoms with Crippen LogP contribution in [0, 0.1) is 5.82 Å². The molecule has 1 N–H and O–H groups in total. The molecule has 0 aliphatic carbocycles. The van der Waals surface area contributed by atoms with E-state index in [0.717, 1.165) is 4.68 Å². The maximum absolute atomic E-state index is 13.4. The summed E-state index contributed by atoms with van der Waals surface area (Å²) in [5.74, 6) is 0.00985. The zero-order valence-electron chi connectivity index (χ0n) is 15.8. The monoisotopic (exact) mass is 501 g/mol. The third-order valence-electron chi connectivity index (χ3n) is 4.41. The Kier molecular flexibility index (Phi) is 6.01. The fourth-order valence-electron chi connectivity index (χ4n) is 2.99. The van der Waals surface area contributed by atoms with Gasteiger partial charge in [-0.1, -0.05) is 35.9 Å². The molecule has 1 aromatic heterocycles. The van der Waals surface area contributed by atoms with Crippen LogP contribution in [0.1, 0.15) is 11.1 Å². The first-order valence-corrected chi connectivity index (χ1v) is 10.2. The number of aromatic amines is 1. The van der Waals surface area contributed by atoms with Gasteiger partial charge in [0, 0.05) is 10.6 Å². The number of fused-ring (bicyclic) bond motifs is 1. The second kappa shape index (κ2) is 8.87. The van der Waals surface area contributed by atoms with Gasteiger partial charge < -0.3 is 9.72 Å². The summed E-state index contributed by atoms with van der Waals surface area (Å²) in [6.45, 7) is 0.0926. The number of hydrogen-bond acceptors (Lipinski definition) is 4. The molecule has 9 heteroatoms. The first kappa shape index (κ1) is 21.0. The van der Waals surface area contributed by atoms with Crippen LogP contribution >= 0.6 is 27.5 Å². The Bertz CT molecular complexity index is 1430. The van der Waals surface area contributed by atoms with Crippen molar-refractivity contribution >= 4 is 44.6 Å². The molecule has 156 valence electrons. The molecular weight excluding hydrogens is 489 g/mol. The average Bonchev–Trinajstić information content (AvgIpc) is 2.73. The maximum Gasteiger partial charge on any atom is 0.349 e. The lowest BCUT2D eigenvalue weighted by Crippen LogP contribution is -2.32. The van der Waals surface area contributed by atoms with Crippen LogP contribution in [0.3, 0.4) is 0 Å². The SMILES string of the molecule is O=c1[nH]c2ccccc2c(=O)n1N=Cc1cc(Cl)cc(Br)c1OCc1cccc(F)c1. The smallest absolute Gasteiger partial charge is 0.349 e. The topological polar surface area (TPSA) is 76.5 Å². The first-order valence-electron chi connectivity index (χ1n) is 9.07. The van der Waals surface area contributed by atoms with E-state index in [9.17, 15) is 14.0 Å². The summed E-state index contributed by atoms with van der Waals surface area (Å²) in [4.78, 5) is 27.6. The number of aromatic nitrogens is 2. The van der Waals surface area contributed by atoms with Crippen molar-refractivity contribution in [3.8, 4) is 5.75 Å². The molecule has 0 fully saturated rings. The molecule has 0 atom stereocenters. The predicted molar refractivity (Wildman–Crippen MR) is 122 cm³/mol. The molecule has 4 aromatic rings. The summed E-state index contributed by atoms with van der Waals surface area (Å²) < 4.78 is 20.5. The summed E-state index contributed by atoms with van der Waals surface area (Å²) in [6.07, 6.45) is 1.31. The van der Waals surface area contributed by atoms with E-state index in [1.165, 1.54) is 18.3 Å². The number of nitrogens with one attached hydrogen (secondary N) is 1. The van der Waals surface area contributed by atoms with Gasteiger partial charge in [0.1, 0.15) is 18.2 Å². The predicted octanol–water partition coefficient (Wildman–Crippen LogP) is 4.71. The van der Waals surface area contributed by atoms with Gasteiger partial charge >= 0.3 is 5.69 Å². The van der Waals surface area contributed by atoms with E-state index in [0.29, 0.717) is 37.3 Å². The molecule has 0 aliphatic rings. The number of nitrogens with zero attached hydrogens (tertiary/aromatic N) is 2. The maximum atomic E-state index is 13.4. The molecule has 0 aliphatic heterocycles. The van der Waals surface area contributed by atoms with E-state index in [2.05, 4.69) is 26.0 Å². The van der Waals surface area contributed by atoms with Crippen LogP contribution in [-0.2, 0) is 6.61 Å². The second-order valence-electron chi connectivity index (χ2n) is 6.56. The molecule has 0 unspecified atom stereocenters. The fraction of sp³-hybridized carbons (Fsp3) is 0.0455. The van der Waals surface area contributed by atoms with Gasteiger partial charge in [0.15, 0.2) is 0 Å². The molecule has 6 nitrogen and oxygen atoms in total. The Balaban J connectivity index is 1.72. The Morgan fingerprint density at radius 2 is 1.94 bits per heavy atom. The molecule has 0 saturated heterocycles. The molecule has 1 heterocycles. The number of para-hydroxylation sites is 1. The van der Waals surface area contributed by atoms with Crippen LogP contribution in [0.25, 0.3) is 10.9 Å². The van der Waals surface area contributed by atoms with Crippen LogP contribution in [0.2, 0.25) is 5.02 Å². The zero-order valence-corrected chi connectivity index (χ0v) is 18.2. The standard InChI is InChI=1S/C22H14BrClFN3O3/c23-18-10-15(24)9-14(20(18)31-12-13-4-3-5-16(25)8-13)11-26-28-21(29)17-6-1-2-7-19(17)27-22(28)30/h1-11H,12H2,(H,27,30). The molecule has 4 rings (SSSR count). The highest BCUT2D eigenvalue weighted by Gasteiger charge is 2.11. The van der Waals surface area contributed by atoms with Gasteiger partial charge in [0.05, 0.1) is 21.6 Å². The molecule has 0 spiro atoms. The largest absolute Gasteiger partial charge is 0.487 e. The molecular formula is C22H14BrClFN3O3. The van der Waals surface area contributed by atoms with E-state index in [1.807, 2.05) is 0 Å². The van der Waals surface area contributed by atoms with Crippen LogP contribution < -0.4 is 16.0 Å². The zero-order chi connectivity index (χ0) is 22.0. The van der Waals surface area contributed by atoms with Gasteiger partial charge in [-0.2, -0.15) is 5.10 Å². The number of H-pyrrole nitrogens is 1. The van der Waals surface area contributed by atoms with Crippen LogP contribution in [0.4, 0.5) is 4.39 Å². The summed E-state index contributed by atoms with van der Waals surface area (Å²) in [7, 11) is 0. The first-order chi connectivity index (χ1) is 14.9. The van der Waals surface area contributed by atoms with Crippen molar-refractivity contribution in [1.29, 1.82) is 0 Å². The lowest BCUT2D eigenvalue weighted by atomic mass is 10.2. The Labute approximate surface area is 188 Å². The molecule has 0 saturated carbocycles. The third kappa shape index (κ3) is 4.60. The molecule has 0 amide bonds. The van der Waals surface area contributed by atoms with Gasteiger partial charge in [0.2, 0.25) is 0 Å². The molecule has 3 aromatic carbocycles. The number of hydrogen-bond donors (Lipinski definition) is 1. The van der Waals surface area contributed by atoms with Crippen molar-refractivity contribution in [2.24, 2.45) is 5.10 Å². The Morgan fingerprint density at radius 3 is 2.74 bits per heavy atom. The van der Waals surface area contributed by atoms with Crippen molar-refractivity contribution < 1.29 is 9.13 Å². The summed E-state index contributed by atoms with van der Waals surface area (Å²) in [6, 6.07) is 15.9.